The molecule has 0 saturated heterocycles. The van der Waals surface area contributed by atoms with Gasteiger partial charge in [-0.15, -0.1) is 0 Å². The Kier molecular flexibility index (Phi) is 2.21. The summed E-state index contributed by atoms with van der Waals surface area (Å²) in [5.74, 6) is 0.906. The molecule has 0 atom stereocenters. The zero-order valence-corrected chi connectivity index (χ0v) is 7.62. The van der Waals surface area contributed by atoms with E-state index in [9.17, 15) is 0 Å². The summed E-state index contributed by atoms with van der Waals surface area (Å²) < 4.78 is 10.2. The average Bonchev–Trinajstić information content (AvgIpc) is 2.62. The summed E-state index contributed by atoms with van der Waals surface area (Å²) in [5.41, 5.74) is 2.53. The van der Waals surface area contributed by atoms with Crippen molar-refractivity contribution >= 4 is 0 Å². The van der Waals surface area contributed by atoms with Crippen LogP contribution in [0, 0.1) is 6.92 Å². The molecule has 1 aromatic rings. The fraction of sp³-hybridized carbons (Fsp3) is 0.273. The first-order chi connectivity index (χ1) is 6.34. The highest BCUT2D eigenvalue weighted by atomic mass is 16.7. The fourth-order valence-electron chi connectivity index (χ4n) is 1.27. The molecule has 0 fully saturated rings. The molecule has 1 aliphatic rings. The molecule has 1 aromatic carbocycles. The van der Waals surface area contributed by atoms with Crippen molar-refractivity contribution in [3.05, 3.63) is 47.4 Å². The molecule has 0 unspecified atom stereocenters. The Balaban J connectivity index is 2.05. The topological polar surface area (TPSA) is 18.5 Å². The van der Waals surface area contributed by atoms with Crippen LogP contribution in [0.3, 0.4) is 0 Å². The molecule has 1 heterocycles. The first-order valence-corrected chi connectivity index (χ1v) is 4.33. The number of hydrogen-bond acceptors (Lipinski definition) is 2. The molecule has 0 saturated carbocycles. The van der Waals surface area contributed by atoms with Gasteiger partial charge in [-0.3, -0.25) is 0 Å². The van der Waals surface area contributed by atoms with Crippen molar-refractivity contribution in [1.82, 2.24) is 0 Å². The number of benzene rings is 1. The molecule has 13 heavy (non-hydrogen) atoms. The molecule has 0 N–H and O–H groups in total. The second-order valence-corrected chi connectivity index (χ2v) is 3.18. The van der Waals surface area contributed by atoms with Crippen LogP contribution in [0.2, 0.25) is 0 Å². The SMILES string of the molecule is Cc1ccc(CC2=COCO2)cc1. The number of hydrogen-bond donors (Lipinski definition) is 0. The Morgan fingerprint density at radius 2 is 2.00 bits per heavy atom. The minimum atomic E-state index is 0.362. The lowest BCUT2D eigenvalue weighted by molar-refractivity contribution is 0.0791. The molecule has 0 aliphatic carbocycles. The van der Waals surface area contributed by atoms with Gasteiger partial charge in [0.1, 0.15) is 12.0 Å². The van der Waals surface area contributed by atoms with Gasteiger partial charge in [-0.05, 0) is 12.5 Å². The molecule has 0 amide bonds. The first kappa shape index (κ1) is 8.17. The number of rotatable bonds is 2. The lowest BCUT2D eigenvalue weighted by Gasteiger charge is -2.01. The lowest BCUT2D eigenvalue weighted by Crippen LogP contribution is -1.91. The minimum absolute atomic E-state index is 0.362. The highest BCUT2D eigenvalue weighted by Crippen LogP contribution is 2.14. The van der Waals surface area contributed by atoms with Crippen LogP contribution in [0.15, 0.2) is 36.3 Å². The van der Waals surface area contributed by atoms with Crippen molar-refractivity contribution in [2.24, 2.45) is 0 Å². The van der Waals surface area contributed by atoms with Gasteiger partial charge in [0.05, 0.1) is 0 Å². The molecule has 2 nitrogen and oxygen atoms in total. The molecule has 0 bridgehead atoms. The number of allylic oxidation sites excluding steroid dienone is 1. The van der Waals surface area contributed by atoms with Crippen LogP contribution in [0.25, 0.3) is 0 Å². The summed E-state index contributed by atoms with van der Waals surface area (Å²) in [5, 5.41) is 0. The maximum absolute atomic E-state index is 5.23. The van der Waals surface area contributed by atoms with Crippen molar-refractivity contribution in [1.29, 1.82) is 0 Å². The van der Waals surface area contributed by atoms with Crippen LogP contribution in [0.4, 0.5) is 0 Å². The van der Waals surface area contributed by atoms with Crippen molar-refractivity contribution < 1.29 is 9.47 Å². The summed E-state index contributed by atoms with van der Waals surface area (Å²) in [6, 6.07) is 8.42. The fourth-order valence-corrected chi connectivity index (χ4v) is 1.27. The van der Waals surface area contributed by atoms with E-state index in [0.29, 0.717) is 6.79 Å². The van der Waals surface area contributed by atoms with Crippen LogP contribution in [0.5, 0.6) is 0 Å². The number of aryl methyl sites for hydroxylation is 1. The second kappa shape index (κ2) is 3.52. The van der Waals surface area contributed by atoms with E-state index in [-0.39, 0.29) is 0 Å². The number of ether oxygens (including phenoxy) is 2. The summed E-state index contributed by atoms with van der Waals surface area (Å²) in [7, 11) is 0. The lowest BCUT2D eigenvalue weighted by atomic mass is 10.1. The van der Waals surface area contributed by atoms with Crippen LogP contribution in [0.1, 0.15) is 11.1 Å². The molecule has 2 heteroatoms. The maximum Gasteiger partial charge on any atom is 0.229 e. The Labute approximate surface area is 77.8 Å². The summed E-state index contributed by atoms with van der Waals surface area (Å²) in [6.07, 6.45) is 2.50. The molecule has 68 valence electrons. The minimum Gasteiger partial charge on any atom is -0.462 e. The normalized spacial score (nSPS) is 14.7. The van der Waals surface area contributed by atoms with Gasteiger partial charge >= 0.3 is 0 Å². The quantitative estimate of drug-likeness (QED) is 0.688. The molecule has 2 rings (SSSR count). The van der Waals surface area contributed by atoms with Crippen LogP contribution >= 0.6 is 0 Å². The van der Waals surface area contributed by atoms with Crippen LogP contribution in [-0.4, -0.2) is 6.79 Å². The predicted octanol–water partition coefficient (Wildman–Crippen LogP) is 2.38. The van der Waals surface area contributed by atoms with Gasteiger partial charge in [-0.1, -0.05) is 29.8 Å². The van der Waals surface area contributed by atoms with Gasteiger partial charge in [0.25, 0.3) is 0 Å². The van der Waals surface area contributed by atoms with Crippen molar-refractivity contribution in [3.63, 3.8) is 0 Å². The highest BCUT2D eigenvalue weighted by molar-refractivity contribution is 5.24. The van der Waals surface area contributed by atoms with Crippen LogP contribution in [-0.2, 0) is 15.9 Å². The predicted molar refractivity (Wildman–Crippen MR) is 50.0 cm³/mol. The van der Waals surface area contributed by atoms with Crippen LogP contribution < -0.4 is 0 Å². The standard InChI is InChI=1S/C11H12O2/c1-9-2-4-10(5-3-9)6-11-7-12-8-13-11/h2-5,7H,6,8H2,1H3. The van der Waals surface area contributed by atoms with Crippen molar-refractivity contribution in [2.75, 3.05) is 6.79 Å². The van der Waals surface area contributed by atoms with E-state index in [1.54, 1.807) is 6.26 Å². The highest BCUT2D eigenvalue weighted by Gasteiger charge is 2.06. The van der Waals surface area contributed by atoms with Gasteiger partial charge in [0.2, 0.25) is 6.79 Å². The Hall–Kier alpha value is -1.44. The summed E-state index contributed by atoms with van der Waals surface area (Å²) in [6.45, 7) is 2.44. The van der Waals surface area contributed by atoms with E-state index in [2.05, 4.69) is 31.2 Å². The smallest absolute Gasteiger partial charge is 0.229 e. The monoisotopic (exact) mass is 176 g/mol. The first-order valence-electron chi connectivity index (χ1n) is 4.33. The van der Waals surface area contributed by atoms with Gasteiger partial charge in [0, 0.05) is 6.42 Å². The molecule has 1 aliphatic heterocycles. The summed E-state index contributed by atoms with van der Waals surface area (Å²) in [4.78, 5) is 0. The van der Waals surface area contributed by atoms with Gasteiger partial charge < -0.3 is 9.47 Å². The van der Waals surface area contributed by atoms with Gasteiger partial charge in [0.15, 0.2) is 0 Å². The maximum atomic E-state index is 5.23. The Morgan fingerprint density at radius 1 is 1.23 bits per heavy atom. The van der Waals surface area contributed by atoms with E-state index in [1.807, 2.05) is 0 Å². The zero-order chi connectivity index (χ0) is 9.10. The van der Waals surface area contributed by atoms with E-state index in [1.165, 1.54) is 11.1 Å². The largest absolute Gasteiger partial charge is 0.462 e. The Morgan fingerprint density at radius 3 is 2.62 bits per heavy atom. The van der Waals surface area contributed by atoms with Gasteiger partial charge in [-0.2, -0.15) is 0 Å². The summed E-state index contributed by atoms with van der Waals surface area (Å²) >= 11 is 0. The molecular weight excluding hydrogens is 164 g/mol. The molecule has 0 radical (unpaired) electrons. The van der Waals surface area contributed by atoms with Crippen molar-refractivity contribution in [3.8, 4) is 0 Å². The Bertz CT molecular complexity index is 311. The third-order valence-corrected chi connectivity index (χ3v) is 2.03. The van der Waals surface area contributed by atoms with E-state index in [4.69, 9.17) is 9.47 Å². The van der Waals surface area contributed by atoms with E-state index >= 15 is 0 Å². The second-order valence-electron chi connectivity index (χ2n) is 3.18. The average molecular weight is 176 g/mol. The molecular formula is C11H12O2. The molecule has 0 spiro atoms. The van der Waals surface area contributed by atoms with E-state index in [0.717, 1.165) is 12.2 Å². The zero-order valence-electron chi connectivity index (χ0n) is 7.62. The third-order valence-electron chi connectivity index (χ3n) is 2.03. The third kappa shape index (κ3) is 2.02. The van der Waals surface area contributed by atoms with Gasteiger partial charge in [-0.25, -0.2) is 0 Å². The van der Waals surface area contributed by atoms with Crippen molar-refractivity contribution in [2.45, 2.75) is 13.3 Å². The molecule has 0 aromatic heterocycles. The van der Waals surface area contributed by atoms with E-state index < -0.39 is 0 Å².